The fourth-order valence-electron chi connectivity index (χ4n) is 4.13. The second-order valence-electron chi connectivity index (χ2n) is 8.98. The molecule has 0 aliphatic carbocycles. The minimum atomic E-state index is -0.773. The molecule has 0 saturated carbocycles. The van der Waals surface area contributed by atoms with E-state index in [0.29, 0.717) is 17.6 Å². The van der Waals surface area contributed by atoms with Crippen LogP contribution < -0.4 is 21.7 Å². The van der Waals surface area contributed by atoms with Crippen molar-refractivity contribution in [3.63, 3.8) is 0 Å². The predicted molar refractivity (Wildman–Crippen MR) is 148 cm³/mol. The van der Waals surface area contributed by atoms with E-state index < -0.39 is 22.8 Å². The topological polar surface area (TPSA) is 136 Å². The summed E-state index contributed by atoms with van der Waals surface area (Å²) in [6.07, 6.45) is 0. The largest absolute Gasteiger partial charge is 0.483 e. The van der Waals surface area contributed by atoms with Gasteiger partial charge in [0.05, 0.1) is 24.9 Å². The Morgan fingerprint density at radius 3 is 2.50 bits per heavy atom. The number of carbonyl (C=O) groups excluding carboxylic acids is 1. The molecule has 2 aromatic carbocycles. The number of hydrogen-bond acceptors (Lipinski definition) is 9. The number of carbonyl (C=O) groups is 1. The van der Waals surface area contributed by atoms with Crippen molar-refractivity contribution in [1.29, 1.82) is 0 Å². The number of ether oxygens (including phenoxy) is 2. The van der Waals surface area contributed by atoms with Crippen LogP contribution in [0.1, 0.15) is 34.7 Å². The number of methoxy groups -OCH3 is 1. The van der Waals surface area contributed by atoms with Gasteiger partial charge in [-0.2, -0.15) is 0 Å². The Morgan fingerprint density at radius 1 is 1.10 bits per heavy atom. The lowest BCUT2D eigenvalue weighted by Gasteiger charge is -2.18. The molecule has 210 valence electrons. The number of ketones is 1. The molecule has 2 heterocycles. The molecule has 2 N–H and O–H groups in total. The molecule has 1 atom stereocenters. The maximum Gasteiger partial charge on any atom is 0.332 e. The Bertz CT molecular complexity index is 1620. The van der Waals surface area contributed by atoms with E-state index in [1.54, 1.807) is 23.8 Å². The van der Waals surface area contributed by atoms with Gasteiger partial charge in [0.25, 0.3) is 5.56 Å². The van der Waals surface area contributed by atoms with Crippen LogP contribution in [0, 0.1) is 5.82 Å². The Kier molecular flexibility index (Phi) is 9.17. The van der Waals surface area contributed by atoms with Crippen LogP contribution in [0.4, 0.5) is 10.2 Å². The van der Waals surface area contributed by atoms with E-state index in [2.05, 4.69) is 10.2 Å². The number of nitrogen functional groups attached to an aromatic ring is 1. The Balaban J connectivity index is 1.59. The predicted octanol–water partition coefficient (Wildman–Crippen LogP) is 2.67. The molecule has 0 bridgehead atoms. The third-order valence-corrected chi connectivity index (χ3v) is 7.10. The summed E-state index contributed by atoms with van der Waals surface area (Å²) >= 11 is 1.05. The van der Waals surface area contributed by atoms with Crippen molar-refractivity contribution in [3.8, 4) is 5.75 Å². The minimum Gasteiger partial charge on any atom is -0.483 e. The number of para-hydroxylation sites is 1. The van der Waals surface area contributed by atoms with Crippen LogP contribution in [0.3, 0.4) is 0 Å². The first-order valence-electron chi connectivity index (χ1n) is 12.3. The van der Waals surface area contributed by atoms with Crippen LogP contribution >= 0.6 is 11.8 Å². The lowest BCUT2D eigenvalue weighted by molar-refractivity contribution is 0.102. The summed E-state index contributed by atoms with van der Waals surface area (Å²) in [7, 11) is 2.86. The van der Waals surface area contributed by atoms with E-state index in [1.807, 2.05) is 37.3 Å². The zero-order chi connectivity index (χ0) is 28.8. The van der Waals surface area contributed by atoms with Crippen LogP contribution in [0.5, 0.6) is 5.75 Å². The van der Waals surface area contributed by atoms with Crippen molar-refractivity contribution < 1.29 is 18.7 Å². The molecule has 0 radical (unpaired) electrons. The molecule has 0 unspecified atom stereocenters. The summed E-state index contributed by atoms with van der Waals surface area (Å²) in [5.74, 6) is -1.01. The van der Waals surface area contributed by atoms with Gasteiger partial charge in [-0.05, 0) is 24.6 Å². The van der Waals surface area contributed by atoms with Crippen molar-refractivity contribution in [2.24, 2.45) is 7.05 Å². The summed E-state index contributed by atoms with van der Waals surface area (Å²) in [4.78, 5) is 39.0. The second-order valence-corrected chi connectivity index (χ2v) is 9.93. The molecule has 4 aromatic rings. The second kappa shape index (κ2) is 12.7. The monoisotopic (exact) mass is 568 g/mol. The molecule has 40 heavy (non-hydrogen) atoms. The van der Waals surface area contributed by atoms with Gasteiger partial charge in [0.1, 0.15) is 18.0 Å². The quantitative estimate of drug-likeness (QED) is 0.202. The van der Waals surface area contributed by atoms with E-state index in [4.69, 9.17) is 15.2 Å². The first-order chi connectivity index (χ1) is 19.2. The number of aromatic nitrogens is 5. The highest BCUT2D eigenvalue weighted by Gasteiger charge is 2.24. The molecular weight excluding hydrogens is 539 g/mol. The van der Waals surface area contributed by atoms with Crippen LogP contribution in [-0.2, 0) is 24.9 Å². The van der Waals surface area contributed by atoms with Crippen LogP contribution in [0.2, 0.25) is 0 Å². The van der Waals surface area contributed by atoms with Gasteiger partial charge >= 0.3 is 5.69 Å². The summed E-state index contributed by atoms with van der Waals surface area (Å²) in [6.45, 7) is 2.21. The summed E-state index contributed by atoms with van der Waals surface area (Å²) in [5, 5.41) is 8.75. The highest BCUT2D eigenvalue weighted by Crippen LogP contribution is 2.25. The van der Waals surface area contributed by atoms with Gasteiger partial charge in [0, 0.05) is 14.2 Å². The van der Waals surface area contributed by atoms with E-state index in [-0.39, 0.29) is 42.1 Å². The average Bonchev–Trinajstić information content (AvgIpc) is 3.36. The van der Waals surface area contributed by atoms with E-state index >= 15 is 0 Å². The Labute approximate surface area is 233 Å². The summed E-state index contributed by atoms with van der Waals surface area (Å²) < 4.78 is 28.7. The average molecular weight is 569 g/mol. The molecule has 4 rings (SSSR count). The fraction of sp³-hybridized carbons (Fsp3) is 0.296. The zero-order valence-corrected chi connectivity index (χ0v) is 23.1. The number of thioether (sulfide) groups is 1. The number of nitrogens with zero attached hydrogens (tertiary/aromatic N) is 5. The van der Waals surface area contributed by atoms with Gasteiger partial charge in [-0.3, -0.25) is 23.3 Å². The summed E-state index contributed by atoms with van der Waals surface area (Å²) in [6, 6.07) is 14.9. The fourth-order valence-corrected chi connectivity index (χ4v) is 5.06. The van der Waals surface area contributed by atoms with Crippen LogP contribution in [0.25, 0.3) is 0 Å². The number of Topliss-reactive ketones (excluding diaryl/α,β-unsaturated/α-hetero) is 1. The molecular formula is C27H29FN6O5S. The number of halogens is 1. The van der Waals surface area contributed by atoms with E-state index in [1.165, 1.54) is 23.7 Å². The van der Waals surface area contributed by atoms with E-state index in [9.17, 15) is 18.8 Å². The number of hydrogen-bond donors (Lipinski definition) is 1. The molecule has 2 aromatic heterocycles. The van der Waals surface area contributed by atoms with Crippen molar-refractivity contribution in [2.45, 2.75) is 31.3 Å². The number of nitrogens with two attached hydrogens (primary N) is 1. The zero-order valence-electron chi connectivity index (χ0n) is 22.2. The molecule has 0 aliphatic rings. The maximum absolute atomic E-state index is 14.0. The van der Waals surface area contributed by atoms with Gasteiger partial charge in [-0.1, -0.05) is 54.2 Å². The number of rotatable bonds is 12. The summed E-state index contributed by atoms with van der Waals surface area (Å²) in [5.41, 5.74) is 5.34. The molecule has 11 nitrogen and oxygen atoms in total. The molecule has 13 heteroatoms. The minimum absolute atomic E-state index is 0.0674. The molecule has 0 fully saturated rings. The van der Waals surface area contributed by atoms with E-state index in [0.717, 1.165) is 21.9 Å². The maximum atomic E-state index is 14.0. The number of anilines is 1. The van der Waals surface area contributed by atoms with Crippen LogP contribution in [-0.4, -0.2) is 49.2 Å². The van der Waals surface area contributed by atoms with Crippen molar-refractivity contribution >= 4 is 23.4 Å². The van der Waals surface area contributed by atoms with Crippen LogP contribution in [0.15, 0.2) is 69.3 Å². The van der Waals surface area contributed by atoms with Gasteiger partial charge in [-0.15, -0.1) is 10.2 Å². The standard InChI is InChI=1S/C27H29FN6O5S/c1-17(14-38-3)34-22(15-39-21-12-8-7-11-19(21)28)30-31-26(34)40-16-20(35)23-24(29)33(27(37)32(2)25(23)36)13-18-9-5-4-6-10-18/h4-12,17H,13-16,29H2,1-3H3/t17-/m0/s1. The Morgan fingerprint density at radius 2 is 1.80 bits per heavy atom. The molecule has 0 saturated heterocycles. The third-order valence-electron chi connectivity index (χ3n) is 6.16. The Hall–Kier alpha value is -4.23. The van der Waals surface area contributed by atoms with Crippen molar-refractivity contribution in [2.75, 3.05) is 25.2 Å². The lowest BCUT2D eigenvalue weighted by atomic mass is 10.2. The normalized spacial score (nSPS) is 11.9. The third kappa shape index (κ3) is 6.15. The number of benzene rings is 2. The van der Waals surface area contributed by atoms with Gasteiger partial charge in [0.15, 0.2) is 28.3 Å². The molecule has 0 amide bonds. The first kappa shape index (κ1) is 28.8. The van der Waals surface area contributed by atoms with Gasteiger partial charge in [-0.25, -0.2) is 9.18 Å². The highest BCUT2D eigenvalue weighted by atomic mass is 32.2. The smallest absolute Gasteiger partial charge is 0.332 e. The van der Waals surface area contributed by atoms with Gasteiger partial charge in [0.2, 0.25) is 0 Å². The SMILES string of the molecule is COC[C@H](C)n1c(COc2ccccc2F)nnc1SCC(=O)c1c(N)n(Cc2ccccc2)c(=O)n(C)c1=O. The van der Waals surface area contributed by atoms with Crippen molar-refractivity contribution in [1.82, 2.24) is 23.9 Å². The lowest BCUT2D eigenvalue weighted by Crippen LogP contribution is -2.43. The first-order valence-corrected chi connectivity index (χ1v) is 13.3. The van der Waals surface area contributed by atoms with Gasteiger partial charge < -0.3 is 15.2 Å². The van der Waals surface area contributed by atoms with Crippen molar-refractivity contribution in [3.05, 3.63) is 98.2 Å². The molecule has 0 aliphatic heterocycles. The molecule has 0 spiro atoms. The highest BCUT2D eigenvalue weighted by molar-refractivity contribution is 7.99.